The minimum atomic E-state index is -4.67. The molecule has 4 heterocycles. The molecule has 11 heteroatoms. The van der Waals surface area contributed by atoms with Gasteiger partial charge in [-0.15, -0.1) is 0 Å². The van der Waals surface area contributed by atoms with Crippen molar-refractivity contribution in [3.63, 3.8) is 0 Å². The van der Waals surface area contributed by atoms with Crippen LogP contribution in [0.5, 0.6) is 0 Å². The molecule has 8 nitrogen and oxygen atoms in total. The molecule has 1 aromatic carbocycles. The number of carbonyl (C=O) groups excluding carboxylic acids is 1. The highest BCUT2D eigenvalue weighted by molar-refractivity contribution is 6.10. The van der Waals surface area contributed by atoms with Gasteiger partial charge in [0.1, 0.15) is 5.56 Å². The van der Waals surface area contributed by atoms with Crippen LogP contribution < -0.4 is 16.0 Å². The standard InChI is InChI=1S/C24H24F3N7O/c1-28-20-16-7-6-15-17(11-31-21(15)20)19-18(24(25,26)27)12-32-23(34-19)33-14-5-4-13(10-14)29-8-2-3-9-30-22(16)35/h6-7,11-14,29,31H,2-5,8-10H2,(H,30,35)(H,32,33,34)/t13-,14-/m0/s1. The van der Waals surface area contributed by atoms with E-state index in [4.69, 9.17) is 6.57 Å². The van der Waals surface area contributed by atoms with Gasteiger partial charge in [0, 0.05) is 42.1 Å². The van der Waals surface area contributed by atoms with Crippen molar-refractivity contribution in [2.24, 2.45) is 0 Å². The second-order valence-corrected chi connectivity index (χ2v) is 8.92. The van der Waals surface area contributed by atoms with E-state index < -0.39 is 11.7 Å². The fourth-order valence-corrected chi connectivity index (χ4v) is 4.88. The second-order valence-electron chi connectivity index (χ2n) is 8.92. The summed E-state index contributed by atoms with van der Waals surface area (Å²) in [6, 6.07) is 3.39. The lowest BCUT2D eigenvalue weighted by Gasteiger charge is -2.17. The van der Waals surface area contributed by atoms with Crippen LogP contribution in [0.15, 0.2) is 24.5 Å². The lowest BCUT2D eigenvalue weighted by Crippen LogP contribution is -2.30. The largest absolute Gasteiger partial charge is 0.419 e. The van der Waals surface area contributed by atoms with Crippen LogP contribution >= 0.6 is 0 Å². The Morgan fingerprint density at radius 2 is 1.89 bits per heavy atom. The first-order valence-electron chi connectivity index (χ1n) is 11.6. The number of H-pyrrole nitrogens is 1. The van der Waals surface area contributed by atoms with Gasteiger partial charge in [-0.1, -0.05) is 12.1 Å². The van der Waals surface area contributed by atoms with Gasteiger partial charge in [0.2, 0.25) is 17.5 Å². The van der Waals surface area contributed by atoms with E-state index in [1.807, 2.05) is 0 Å². The molecule has 1 fully saturated rings. The highest BCUT2D eigenvalue weighted by Gasteiger charge is 2.36. The zero-order chi connectivity index (χ0) is 24.6. The fraction of sp³-hybridized carbons (Fsp3) is 0.417. The van der Waals surface area contributed by atoms with Crippen molar-refractivity contribution in [1.29, 1.82) is 0 Å². The summed E-state index contributed by atoms with van der Waals surface area (Å²) in [6.07, 6.45) is 1.83. The molecule has 0 spiro atoms. The van der Waals surface area contributed by atoms with Gasteiger partial charge in [-0.25, -0.2) is 14.8 Å². The Labute approximate surface area is 199 Å². The highest BCUT2D eigenvalue weighted by atomic mass is 19.4. The number of fused-ring (bicyclic) bond motifs is 7. The van der Waals surface area contributed by atoms with Gasteiger partial charge in [-0.3, -0.25) is 4.79 Å². The van der Waals surface area contributed by atoms with Crippen LogP contribution in [0.25, 0.3) is 27.0 Å². The molecule has 0 unspecified atom stereocenters. The first-order chi connectivity index (χ1) is 16.8. The molecule has 2 aliphatic heterocycles. The van der Waals surface area contributed by atoms with E-state index in [9.17, 15) is 18.0 Å². The third kappa shape index (κ3) is 4.53. The van der Waals surface area contributed by atoms with E-state index in [-0.39, 0.29) is 40.4 Å². The van der Waals surface area contributed by atoms with Gasteiger partial charge in [0.25, 0.3) is 0 Å². The number of aromatic nitrogens is 3. The number of halogens is 3. The molecule has 6 rings (SSSR count). The minimum Gasteiger partial charge on any atom is -0.370 e. The fourth-order valence-electron chi connectivity index (χ4n) is 4.88. The van der Waals surface area contributed by atoms with Gasteiger partial charge in [-0.05, 0) is 44.0 Å². The summed E-state index contributed by atoms with van der Waals surface area (Å²) in [5.74, 6) is -0.254. The lowest BCUT2D eigenvalue weighted by atomic mass is 10.0. The molecule has 1 saturated carbocycles. The summed E-state index contributed by atoms with van der Waals surface area (Å²) in [7, 11) is 0. The third-order valence-electron chi connectivity index (χ3n) is 6.62. The molecule has 3 aliphatic rings. The summed E-state index contributed by atoms with van der Waals surface area (Å²) < 4.78 is 41.7. The Morgan fingerprint density at radius 1 is 1.09 bits per heavy atom. The van der Waals surface area contributed by atoms with Gasteiger partial charge in [0.15, 0.2) is 0 Å². The van der Waals surface area contributed by atoms with E-state index in [0.29, 0.717) is 23.5 Å². The predicted octanol–water partition coefficient (Wildman–Crippen LogP) is 4.64. The first-order valence-corrected chi connectivity index (χ1v) is 11.6. The predicted molar refractivity (Wildman–Crippen MR) is 125 cm³/mol. The number of hydrogen-bond donors (Lipinski definition) is 4. The number of amides is 1. The van der Waals surface area contributed by atoms with Gasteiger partial charge < -0.3 is 20.9 Å². The van der Waals surface area contributed by atoms with Crippen molar-refractivity contribution < 1.29 is 18.0 Å². The molecule has 0 saturated heterocycles. The van der Waals surface area contributed by atoms with E-state index in [1.54, 1.807) is 6.07 Å². The number of hydrogen-bond acceptors (Lipinski definition) is 5. The topological polar surface area (TPSA) is 99.1 Å². The van der Waals surface area contributed by atoms with Crippen molar-refractivity contribution in [3.8, 4) is 11.3 Å². The van der Waals surface area contributed by atoms with Gasteiger partial charge in [-0.2, -0.15) is 13.2 Å². The van der Waals surface area contributed by atoms with E-state index in [0.717, 1.165) is 44.8 Å². The zero-order valence-electron chi connectivity index (χ0n) is 18.8. The monoisotopic (exact) mass is 483 g/mol. The van der Waals surface area contributed by atoms with Gasteiger partial charge >= 0.3 is 6.18 Å². The van der Waals surface area contributed by atoms with Crippen molar-refractivity contribution in [2.45, 2.75) is 50.4 Å². The molecule has 2 aromatic heterocycles. The second kappa shape index (κ2) is 9.19. The number of anilines is 1. The van der Waals surface area contributed by atoms with Crippen LogP contribution in [-0.2, 0) is 6.18 Å². The maximum absolute atomic E-state index is 13.9. The molecule has 0 radical (unpaired) electrons. The average Bonchev–Trinajstić information content (AvgIpc) is 3.46. The lowest BCUT2D eigenvalue weighted by molar-refractivity contribution is -0.137. The zero-order valence-corrected chi connectivity index (χ0v) is 18.8. The summed E-state index contributed by atoms with van der Waals surface area (Å²) in [4.78, 5) is 27.4. The molecule has 2 atom stereocenters. The highest BCUT2D eigenvalue weighted by Crippen LogP contribution is 2.41. The Kier molecular flexibility index (Phi) is 6.06. The molecule has 1 aliphatic carbocycles. The van der Waals surface area contributed by atoms with E-state index in [2.05, 4.69) is 35.7 Å². The summed E-state index contributed by atoms with van der Waals surface area (Å²) in [5.41, 5.74) is -0.519. The average molecular weight is 483 g/mol. The maximum Gasteiger partial charge on any atom is 0.419 e. The molecular formula is C24H24F3N7O. The molecule has 3 aromatic rings. The Balaban J connectivity index is 1.64. The normalized spacial score (nSPS) is 21.1. The maximum atomic E-state index is 13.9. The third-order valence-corrected chi connectivity index (χ3v) is 6.62. The van der Waals surface area contributed by atoms with Crippen LogP contribution in [0.3, 0.4) is 0 Å². The smallest absolute Gasteiger partial charge is 0.370 e. The van der Waals surface area contributed by atoms with Crippen LogP contribution in [0.4, 0.5) is 24.8 Å². The van der Waals surface area contributed by atoms with Crippen molar-refractivity contribution >= 4 is 28.4 Å². The van der Waals surface area contributed by atoms with E-state index >= 15 is 0 Å². The van der Waals surface area contributed by atoms with Crippen LogP contribution in [-0.4, -0.2) is 46.0 Å². The van der Waals surface area contributed by atoms with E-state index in [1.165, 1.54) is 12.3 Å². The van der Waals surface area contributed by atoms with Crippen LogP contribution in [0, 0.1) is 6.57 Å². The number of rotatable bonds is 0. The Morgan fingerprint density at radius 3 is 2.69 bits per heavy atom. The number of benzene rings is 1. The number of carbonyl (C=O) groups is 1. The van der Waals surface area contributed by atoms with Crippen LogP contribution in [0.1, 0.15) is 48.0 Å². The molecule has 8 bridgehead atoms. The van der Waals surface area contributed by atoms with Crippen molar-refractivity contribution in [3.05, 3.63) is 47.1 Å². The van der Waals surface area contributed by atoms with Gasteiger partial charge in [0.05, 0.1) is 17.8 Å². The van der Waals surface area contributed by atoms with Crippen molar-refractivity contribution in [1.82, 2.24) is 25.6 Å². The molecular weight excluding hydrogens is 459 g/mol. The summed E-state index contributed by atoms with van der Waals surface area (Å²) >= 11 is 0. The molecule has 1 amide bonds. The number of aromatic amines is 1. The number of nitrogens with zero attached hydrogens (tertiary/aromatic N) is 3. The molecule has 4 N–H and O–H groups in total. The Hall–Kier alpha value is -3.65. The number of nitrogens with one attached hydrogen (secondary N) is 4. The Bertz CT molecular complexity index is 1310. The van der Waals surface area contributed by atoms with Crippen molar-refractivity contribution in [2.75, 3.05) is 18.4 Å². The van der Waals surface area contributed by atoms with Crippen LogP contribution in [0.2, 0.25) is 0 Å². The first kappa shape index (κ1) is 23.1. The molecule has 35 heavy (non-hydrogen) atoms. The summed E-state index contributed by atoms with van der Waals surface area (Å²) in [5, 5.41) is 9.94. The quantitative estimate of drug-likeness (QED) is 0.349. The minimum absolute atomic E-state index is 0.0534. The molecule has 182 valence electrons. The summed E-state index contributed by atoms with van der Waals surface area (Å²) in [6.45, 7) is 8.90. The number of alkyl halides is 3. The SMILES string of the molecule is [C-]#[N+]c1c2ccc3c(c[nH]c13)-c1nc(ncc1C(F)(F)F)N[C@H]1CC[C@@H](C1)NCCCCNC2=O.